The monoisotopic (exact) mass is 189 g/mol. The van der Waals surface area contributed by atoms with Gasteiger partial charge in [-0.05, 0) is 37.8 Å². The van der Waals surface area contributed by atoms with Crippen molar-refractivity contribution in [3.05, 3.63) is 35.4 Å². The number of hydrogen-bond donors (Lipinski definition) is 1. The minimum absolute atomic E-state index is 0.589. The lowest BCUT2D eigenvalue weighted by Gasteiger charge is -2.28. The number of benzene rings is 1. The second-order valence-corrected chi connectivity index (χ2v) is 4.56. The van der Waals surface area contributed by atoms with E-state index in [4.69, 9.17) is 0 Å². The molecule has 1 aliphatic rings. The Morgan fingerprint density at radius 3 is 2.79 bits per heavy atom. The van der Waals surface area contributed by atoms with Gasteiger partial charge in [-0.3, -0.25) is 0 Å². The van der Waals surface area contributed by atoms with E-state index in [-0.39, 0.29) is 0 Å². The maximum atomic E-state index is 3.61. The third kappa shape index (κ3) is 2.16. The molecule has 0 unspecified atom stereocenters. The van der Waals surface area contributed by atoms with E-state index in [1.165, 1.54) is 30.5 Å². The third-order valence-electron chi connectivity index (χ3n) is 3.11. The highest BCUT2D eigenvalue weighted by molar-refractivity contribution is 5.25. The molecule has 1 fully saturated rings. The molecule has 0 amide bonds. The van der Waals surface area contributed by atoms with E-state index < -0.39 is 0 Å². The van der Waals surface area contributed by atoms with Crippen molar-refractivity contribution < 1.29 is 0 Å². The van der Waals surface area contributed by atoms with E-state index >= 15 is 0 Å². The summed E-state index contributed by atoms with van der Waals surface area (Å²) >= 11 is 0. The molecule has 0 radical (unpaired) electrons. The van der Waals surface area contributed by atoms with Gasteiger partial charge in [-0.15, -0.1) is 0 Å². The Hall–Kier alpha value is -0.820. The first-order valence-corrected chi connectivity index (χ1v) is 5.55. The summed E-state index contributed by atoms with van der Waals surface area (Å²) in [5, 5.41) is 3.61. The number of piperidine rings is 1. The first-order chi connectivity index (χ1) is 6.75. The van der Waals surface area contributed by atoms with Crippen LogP contribution in [-0.4, -0.2) is 6.54 Å². The first kappa shape index (κ1) is 9.72. The zero-order chi connectivity index (χ0) is 9.97. The smallest absolute Gasteiger partial charge is 0.0320 e. The number of aryl methyl sites for hydroxylation is 1. The van der Waals surface area contributed by atoms with Crippen LogP contribution in [0.15, 0.2) is 24.3 Å². The van der Waals surface area contributed by atoms with Crippen LogP contribution in [0.1, 0.15) is 36.9 Å². The highest BCUT2D eigenvalue weighted by atomic mass is 14.9. The normalized spacial score (nSPS) is 27.6. The van der Waals surface area contributed by atoms with E-state index in [0.29, 0.717) is 6.04 Å². The molecule has 1 heterocycles. The molecule has 14 heavy (non-hydrogen) atoms. The summed E-state index contributed by atoms with van der Waals surface area (Å²) in [6.45, 7) is 5.65. The van der Waals surface area contributed by atoms with E-state index in [1.54, 1.807) is 0 Å². The van der Waals surface area contributed by atoms with Crippen LogP contribution >= 0.6 is 0 Å². The Kier molecular flexibility index (Phi) is 2.87. The van der Waals surface area contributed by atoms with Crippen LogP contribution in [0.2, 0.25) is 0 Å². The molecule has 2 atom stereocenters. The molecular weight excluding hydrogens is 170 g/mol. The summed E-state index contributed by atoms with van der Waals surface area (Å²) in [7, 11) is 0. The number of rotatable bonds is 1. The molecule has 1 aromatic carbocycles. The predicted molar refractivity (Wildman–Crippen MR) is 60.3 cm³/mol. The highest BCUT2D eigenvalue weighted by Gasteiger charge is 2.18. The van der Waals surface area contributed by atoms with Gasteiger partial charge in [0.15, 0.2) is 0 Å². The molecule has 1 N–H and O–H groups in total. The van der Waals surface area contributed by atoms with Crippen molar-refractivity contribution >= 4 is 0 Å². The maximum absolute atomic E-state index is 3.61. The average molecular weight is 189 g/mol. The molecule has 76 valence electrons. The van der Waals surface area contributed by atoms with Gasteiger partial charge in [-0.2, -0.15) is 0 Å². The van der Waals surface area contributed by atoms with Crippen molar-refractivity contribution in [3.8, 4) is 0 Å². The van der Waals surface area contributed by atoms with Crippen LogP contribution in [0, 0.1) is 12.8 Å². The molecule has 1 aromatic rings. The predicted octanol–water partition coefficient (Wildman–Crippen LogP) is 3.06. The average Bonchev–Trinajstić information content (AvgIpc) is 2.19. The third-order valence-corrected chi connectivity index (χ3v) is 3.11. The van der Waals surface area contributed by atoms with Crippen LogP contribution in [0.4, 0.5) is 0 Å². The van der Waals surface area contributed by atoms with Gasteiger partial charge in [0, 0.05) is 6.04 Å². The van der Waals surface area contributed by atoms with Crippen molar-refractivity contribution in [1.82, 2.24) is 5.32 Å². The summed E-state index contributed by atoms with van der Waals surface area (Å²) in [6.07, 6.45) is 2.64. The molecule has 0 aromatic heterocycles. The van der Waals surface area contributed by atoms with Crippen molar-refractivity contribution in [1.29, 1.82) is 0 Å². The van der Waals surface area contributed by atoms with Crippen LogP contribution < -0.4 is 5.32 Å². The lowest BCUT2D eigenvalue weighted by Crippen LogP contribution is -2.31. The molecule has 1 nitrogen and oxygen atoms in total. The fourth-order valence-corrected chi connectivity index (χ4v) is 2.17. The topological polar surface area (TPSA) is 12.0 Å². The molecule has 0 bridgehead atoms. The maximum Gasteiger partial charge on any atom is 0.0320 e. The Balaban J connectivity index is 2.08. The minimum Gasteiger partial charge on any atom is -0.310 e. The Morgan fingerprint density at radius 2 is 2.14 bits per heavy atom. The molecule has 0 aliphatic carbocycles. The van der Waals surface area contributed by atoms with Crippen molar-refractivity contribution in [2.45, 2.75) is 32.7 Å². The molecule has 0 spiro atoms. The van der Waals surface area contributed by atoms with E-state index in [1.807, 2.05) is 0 Å². The number of hydrogen-bond acceptors (Lipinski definition) is 1. The van der Waals surface area contributed by atoms with E-state index in [0.717, 1.165) is 5.92 Å². The Morgan fingerprint density at radius 1 is 1.29 bits per heavy atom. The summed E-state index contributed by atoms with van der Waals surface area (Å²) in [5.41, 5.74) is 2.82. The lowest BCUT2D eigenvalue weighted by molar-refractivity contribution is 0.333. The zero-order valence-corrected chi connectivity index (χ0v) is 9.09. The van der Waals surface area contributed by atoms with Gasteiger partial charge in [-0.1, -0.05) is 36.8 Å². The minimum atomic E-state index is 0.589. The standard InChI is InChI=1S/C13H19N/c1-10-4-3-5-12(8-10)13-7-6-11(2)9-14-13/h3-5,8,11,13-14H,6-7,9H2,1-2H3/t11-,13+/m1/s1. The van der Waals surface area contributed by atoms with Gasteiger partial charge in [0.25, 0.3) is 0 Å². The lowest BCUT2D eigenvalue weighted by atomic mass is 9.91. The van der Waals surface area contributed by atoms with Gasteiger partial charge in [0.2, 0.25) is 0 Å². The van der Waals surface area contributed by atoms with Crippen molar-refractivity contribution in [3.63, 3.8) is 0 Å². The van der Waals surface area contributed by atoms with Gasteiger partial charge in [0.05, 0.1) is 0 Å². The summed E-state index contributed by atoms with van der Waals surface area (Å²) in [5.74, 6) is 0.844. The van der Waals surface area contributed by atoms with Crippen LogP contribution in [0.5, 0.6) is 0 Å². The van der Waals surface area contributed by atoms with Crippen LogP contribution in [-0.2, 0) is 0 Å². The fraction of sp³-hybridized carbons (Fsp3) is 0.538. The van der Waals surface area contributed by atoms with Gasteiger partial charge < -0.3 is 5.32 Å². The Bertz CT molecular complexity index is 298. The van der Waals surface area contributed by atoms with Gasteiger partial charge in [0.1, 0.15) is 0 Å². The summed E-state index contributed by atoms with van der Waals surface area (Å²) in [4.78, 5) is 0. The van der Waals surface area contributed by atoms with Gasteiger partial charge in [-0.25, -0.2) is 0 Å². The largest absolute Gasteiger partial charge is 0.310 e. The Labute approximate surface area is 86.5 Å². The fourth-order valence-electron chi connectivity index (χ4n) is 2.17. The highest BCUT2D eigenvalue weighted by Crippen LogP contribution is 2.25. The molecule has 2 rings (SSSR count). The van der Waals surface area contributed by atoms with Gasteiger partial charge >= 0.3 is 0 Å². The van der Waals surface area contributed by atoms with Crippen molar-refractivity contribution in [2.75, 3.05) is 6.54 Å². The molecule has 1 aliphatic heterocycles. The molecule has 1 saturated heterocycles. The van der Waals surface area contributed by atoms with Crippen molar-refractivity contribution in [2.24, 2.45) is 5.92 Å². The zero-order valence-electron chi connectivity index (χ0n) is 9.09. The summed E-state index contributed by atoms with van der Waals surface area (Å²) in [6, 6.07) is 9.44. The SMILES string of the molecule is Cc1cccc([C@@H]2CC[C@@H](C)CN2)c1. The first-order valence-electron chi connectivity index (χ1n) is 5.55. The summed E-state index contributed by atoms with van der Waals surface area (Å²) < 4.78 is 0. The van der Waals surface area contributed by atoms with E-state index in [9.17, 15) is 0 Å². The quantitative estimate of drug-likeness (QED) is 0.716. The number of nitrogens with one attached hydrogen (secondary N) is 1. The second-order valence-electron chi connectivity index (χ2n) is 4.56. The molecule has 1 heteroatoms. The van der Waals surface area contributed by atoms with Crippen LogP contribution in [0.3, 0.4) is 0 Å². The van der Waals surface area contributed by atoms with Crippen LogP contribution in [0.25, 0.3) is 0 Å². The van der Waals surface area contributed by atoms with E-state index in [2.05, 4.69) is 43.4 Å². The molecular formula is C13H19N. The molecule has 0 saturated carbocycles. The second kappa shape index (κ2) is 4.14.